The molecule has 0 spiro atoms. The molecule has 92 valence electrons. The minimum absolute atomic E-state index is 0.564. The van der Waals surface area contributed by atoms with Crippen molar-refractivity contribution in [1.29, 1.82) is 0 Å². The van der Waals surface area contributed by atoms with Crippen LogP contribution in [0.4, 0.5) is 0 Å². The van der Waals surface area contributed by atoms with E-state index in [1.165, 1.54) is 5.69 Å². The first-order valence-corrected chi connectivity index (χ1v) is 6.45. The van der Waals surface area contributed by atoms with Crippen LogP contribution in [-0.2, 0) is 19.4 Å². The Morgan fingerprint density at radius 2 is 2.12 bits per heavy atom. The molecule has 2 N–H and O–H groups in total. The molecule has 16 heavy (non-hydrogen) atoms. The van der Waals surface area contributed by atoms with Gasteiger partial charge in [-0.2, -0.15) is 5.10 Å². The summed E-state index contributed by atoms with van der Waals surface area (Å²) in [6.45, 7) is 8.01. The molecule has 1 atom stereocenters. The average molecular weight is 244 g/mol. The predicted octanol–water partition coefficient (Wildman–Crippen LogP) is 2.65. The summed E-state index contributed by atoms with van der Waals surface area (Å²) in [5, 5.41) is 5.37. The fourth-order valence-corrected chi connectivity index (χ4v) is 2.28. The number of hydrogen-bond acceptors (Lipinski definition) is 2. The van der Waals surface area contributed by atoms with Crippen LogP contribution in [-0.4, -0.2) is 16.3 Å². The van der Waals surface area contributed by atoms with Crippen molar-refractivity contribution in [2.45, 2.75) is 46.6 Å². The Balaban J connectivity index is 2.88. The molecule has 1 unspecified atom stereocenters. The number of halogens is 1. The van der Waals surface area contributed by atoms with Crippen molar-refractivity contribution in [1.82, 2.24) is 9.78 Å². The van der Waals surface area contributed by atoms with Gasteiger partial charge in [-0.05, 0) is 38.6 Å². The van der Waals surface area contributed by atoms with Gasteiger partial charge in [0.1, 0.15) is 0 Å². The Hall–Kier alpha value is -0.540. The summed E-state index contributed by atoms with van der Waals surface area (Å²) in [5.41, 5.74) is 7.75. The molecule has 0 saturated heterocycles. The highest BCUT2D eigenvalue weighted by Gasteiger charge is 2.16. The highest BCUT2D eigenvalue weighted by Crippen LogP contribution is 2.24. The van der Waals surface area contributed by atoms with E-state index in [9.17, 15) is 0 Å². The second-order valence-corrected chi connectivity index (χ2v) is 4.64. The molecule has 0 aromatic carbocycles. The quantitative estimate of drug-likeness (QED) is 0.835. The second kappa shape index (κ2) is 6.26. The van der Waals surface area contributed by atoms with E-state index in [-0.39, 0.29) is 0 Å². The number of nitrogens with zero attached hydrogens (tertiary/aromatic N) is 2. The lowest BCUT2D eigenvalue weighted by Gasteiger charge is -2.11. The van der Waals surface area contributed by atoms with E-state index in [0.29, 0.717) is 5.92 Å². The Labute approximate surface area is 103 Å². The number of rotatable bonds is 6. The maximum absolute atomic E-state index is 6.34. The summed E-state index contributed by atoms with van der Waals surface area (Å²) < 4.78 is 2.02. The van der Waals surface area contributed by atoms with Crippen LogP contribution in [0.5, 0.6) is 0 Å². The monoisotopic (exact) mass is 243 g/mol. The molecule has 1 heterocycles. The molecule has 1 aromatic rings. The van der Waals surface area contributed by atoms with Gasteiger partial charge in [-0.15, -0.1) is 0 Å². The van der Waals surface area contributed by atoms with Crippen LogP contribution in [0, 0.1) is 5.92 Å². The third kappa shape index (κ3) is 2.98. The molecule has 0 bridgehead atoms. The zero-order valence-electron chi connectivity index (χ0n) is 10.5. The van der Waals surface area contributed by atoms with Crippen LogP contribution in [0.25, 0.3) is 0 Å². The lowest BCUT2D eigenvalue weighted by molar-refractivity contribution is 0.503. The van der Waals surface area contributed by atoms with E-state index in [0.717, 1.165) is 43.1 Å². The van der Waals surface area contributed by atoms with Crippen LogP contribution in [0.3, 0.4) is 0 Å². The van der Waals surface area contributed by atoms with Gasteiger partial charge in [-0.3, -0.25) is 4.68 Å². The molecule has 3 nitrogen and oxygen atoms in total. The lowest BCUT2D eigenvalue weighted by atomic mass is 10.0. The van der Waals surface area contributed by atoms with Gasteiger partial charge in [0.25, 0.3) is 0 Å². The number of nitrogens with two attached hydrogens (primary N) is 1. The molecule has 0 amide bonds. The van der Waals surface area contributed by atoms with Crippen LogP contribution >= 0.6 is 11.6 Å². The van der Waals surface area contributed by atoms with Gasteiger partial charge in [0.2, 0.25) is 0 Å². The molecule has 4 heteroatoms. The van der Waals surface area contributed by atoms with Crippen molar-refractivity contribution in [2.24, 2.45) is 11.7 Å². The first kappa shape index (κ1) is 13.5. The van der Waals surface area contributed by atoms with Gasteiger partial charge in [0, 0.05) is 6.54 Å². The Morgan fingerprint density at radius 3 is 2.62 bits per heavy atom. The van der Waals surface area contributed by atoms with Gasteiger partial charge in [-0.25, -0.2) is 0 Å². The third-order valence-electron chi connectivity index (χ3n) is 2.90. The molecule has 1 rings (SSSR count). The predicted molar refractivity (Wildman–Crippen MR) is 68.8 cm³/mol. The Morgan fingerprint density at radius 1 is 1.44 bits per heavy atom. The summed E-state index contributed by atoms with van der Waals surface area (Å²) >= 11 is 6.34. The van der Waals surface area contributed by atoms with E-state index in [1.807, 2.05) is 4.68 Å². The van der Waals surface area contributed by atoms with Crippen molar-refractivity contribution in [2.75, 3.05) is 6.54 Å². The van der Waals surface area contributed by atoms with Crippen molar-refractivity contribution >= 4 is 11.6 Å². The lowest BCUT2D eigenvalue weighted by Crippen LogP contribution is -2.11. The summed E-state index contributed by atoms with van der Waals surface area (Å²) in [6.07, 6.45) is 2.90. The topological polar surface area (TPSA) is 43.8 Å². The van der Waals surface area contributed by atoms with Crippen molar-refractivity contribution < 1.29 is 0 Å². The van der Waals surface area contributed by atoms with E-state index < -0.39 is 0 Å². The zero-order chi connectivity index (χ0) is 12.1. The summed E-state index contributed by atoms with van der Waals surface area (Å²) in [7, 11) is 0. The van der Waals surface area contributed by atoms with E-state index in [2.05, 4.69) is 25.9 Å². The summed E-state index contributed by atoms with van der Waals surface area (Å²) in [4.78, 5) is 0. The highest BCUT2D eigenvalue weighted by atomic mass is 35.5. The first-order valence-electron chi connectivity index (χ1n) is 6.08. The fraction of sp³-hybridized carbons (Fsp3) is 0.750. The SMILES string of the molecule is CCc1nn(CC)c(CC(C)CCN)c1Cl. The van der Waals surface area contributed by atoms with Crippen molar-refractivity contribution in [3.8, 4) is 0 Å². The molecule has 0 saturated carbocycles. The van der Waals surface area contributed by atoms with Crippen molar-refractivity contribution in [3.05, 3.63) is 16.4 Å². The smallest absolute Gasteiger partial charge is 0.0849 e. The van der Waals surface area contributed by atoms with Gasteiger partial charge >= 0.3 is 0 Å². The minimum Gasteiger partial charge on any atom is -0.330 e. The summed E-state index contributed by atoms with van der Waals surface area (Å²) in [5.74, 6) is 0.564. The van der Waals surface area contributed by atoms with Gasteiger partial charge in [0.15, 0.2) is 0 Å². The third-order valence-corrected chi connectivity index (χ3v) is 3.33. The normalized spacial score (nSPS) is 13.1. The van der Waals surface area contributed by atoms with Crippen LogP contribution in [0.1, 0.15) is 38.6 Å². The van der Waals surface area contributed by atoms with Crippen LogP contribution < -0.4 is 5.73 Å². The van der Waals surface area contributed by atoms with E-state index in [1.54, 1.807) is 0 Å². The number of aromatic nitrogens is 2. The Bertz CT molecular complexity index is 333. The standard InChI is InChI=1S/C12H22ClN3/c1-4-10-12(13)11(16(5-2)15-10)8-9(3)6-7-14/h9H,4-8,14H2,1-3H3. The fourth-order valence-electron chi connectivity index (χ4n) is 1.93. The molecule has 0 fully saturated rings. The second-order valence-electron chi connectivity index (χ2n) is 4.26. The van der Waals surface area contributed by atoms with E-state index in [4.69, 9.17) is 17.3 Å². The molecule has 0 aliphatic rings. The zero-order valence-corrected chi connectivity index (χ0v) is 11.2. The average Bonchev–Trinajstić information content (AvgIpc) is 2.56. The highest BCUT2D eigenvalue weighted by molar-refractivity contribution is 6.31. The maximum Gasteiger partial charge on any atom is 0.0849 e. The van der Waals surface area contributed by atoms with Crippen LogP contribution in [0.15, 0.2) is 0 Å². The largest absolute Gasteiger partial charge is 0.330 e. The molecule has 0 radical (unpaired) electrons. The number of aryl methyl sites for hydroxylation is 2. The summed E-state index contributed by atoms with van der Waals surface area (Å²) in [6, 6.07) is 0. The van der Waals surface area contributed by atoms with Crippen LogP contribution in [0.2, 0.25) is 5.02 Å². The van der Waals surface area contributed by atoms with E-state index >= 15 is 0 Å². The van der Waals surface area contributed by atoms with Gasteiger partial charge in [0.05, 0.1) is 16.4 Å². The molecule has 0 aliphatic heterocycles. The minimum atomic E-state index is 0.564. The maximum atomic E-state index is 6.34. The molecular weight excluding hydrogens is 222 g/mol. The van der Waals surface area contributed by atoms with Gasteiger partial charge < -0.3 is 5.73 Å². The Kier molecular flexibility index (Phi) is 5.29. The van der Waals surface area contributed by atoms with Gasteiger partial charge in [-0.1, -0.05) is 25.4 Å². The first-order chi connectivity index (χ1) is 7.63. The molecule has 1 aromatic heterocycles. The number of hydrogen-bond donors (Lipinski definition) is 1. The van der Waals surface area contributed by atoms with Crippen molar-refractivity contribution in [3.63, 3.8) is 0 Å². The molecule has 0 aliphatic carbocycles. The molecular formula is C12H22ClN3.